The molecule has 2 rings (SSSR count). The van der Waals surface area contributed by atoms with E-state index < -0.39 is 0 Å². The first kappa shape index (κ1) is 19.8. The largest absolute Gasteiger partial charge is 0.427 e. The fraction of sp³-hybridized carbons (Fsp3) is 0.609. The Bertz CT molecular complexity index is 542. The molecule has 1 aromatic carbocycles. The highest BCUT2D eigenvalue weighted by molar-refractivity contribution is 5.72. The first-order chi connectivity index (χ1) is 12.2. The van der Waals surface area contributed by atoms with Crippen LogP contribution < -0.4 is 4.74 Å². The predicted molar refractivity (Wildman–Crippen MR) is 106 cm³/mol. The fourth-order valence-corrected chi connectivity index (χ4v) is 3.57. The van der Waals surface area contributed by atoms with Crippen LogP contribution in [0.1, 0.15) is 90.0 Å². The third-order valence-corrected chi connectivity index (χ3v) is 5.23. The van der Waals surface area contributed by atoms with E-state index in [4.69, 9.17) is 4.74 Å². The normalized spacial score (nSPS) is 17.2. The Balaban J connectivity index is 1.73. The lowest BCUT2D eigenvalue weighted by Gasteiger charge is -2.22. The van der Waals surface area contributed by atoms with E-state index in [0.29, 0.717) is 12.2 Å². The van der Waals surface area contributed by atoms with E-state index in [1.807, 2.05) is 19.1 Å². The van der Waals surface area contributed by atoms with E-state index in [9.17, 15) is 4.79 Å². The van der Waals surface area contributed by atoms with Gasteiger partial charge in [0.15, 0.2) is 0 Å². The van der Waals surface area contributed by atoms with Gasteiger partial charge in [-0.15, -0.1) is 0 Å². The summed E-state index contributed by atoms with van der Waals surface area (Å²) >= 11 is 0. The van der Waals surface area contributed by atoms with Crippen molar-refractivity contribution in [2.75, 3.05) is 0 Å². The Kier molecular flexibility index (Phi) is 8.79. The van der Waals surface area contributed by atoms with Gasteiger partial charge in [0.2, 0.25) is 0 Å². The predicted octanol–water partition coefficient (Wildman–Crippen LogP) is 6.94. The maximum Gasteiger partial charge on any atom is 0.310 e. The van der Waals surface area contributed by atoms with Crippen molar-refractivity contribution in [2.24, 2.45) is 5.92 Å². The molecule has 0 spiro atoms. The Labute approximate surface area is 153 Å². The summed E-state index contributed by atoms with van der Waals surface area (Å²) in [6, 6.07) is 7.98. The summed E-state index contributed by atoms with van der Waals surface area (Å²) in [6.45, 7) is 4.09. The maximum absolute atomic E-state index is 11.3. The molecule has 1 aliphatic rings. The van der Waals surface area contributed by atoms with Crippen LogP contribution in [-0.2, 0) is 4.79 Å². The van der Waals surface area contributed by atoms with Crippen molar-refractivity contribution in [3.05, 3.63) is 35.9 Å². The zero-order valence-corrected chi connectivity index (χ0v) is 16.1. The van der Waals surface area contributed by atoms with E-state index in [2.05, 4.69) is 25.1 Å². The third-order valence-electron chi connectivity index (χ3n) is 5.23. The standard InChI is InChI=1S/C23H34O2/c1-3-5-6-7-8-9-10-19-11-13-20(14-12-19)21-15-17-22(18-16-21)25-23(24)4-2/h13,15-19H,3-12,14H2,1-2H3. The Morgan fingerprint density at radius 2 is 1.76 bits per heavy atom. The molecule has 1 unspecified atom stereocenters. The highest BCUT2D eigenvalue weighted by atomic mass is 16.5. The second-order valence-electron chi connectivity index (χ2n) is 7.28. The monoisotopic (exact) mass is 342 g/mol. The van der Waals surface area contributed by atoms with Gasteiger partial charge in [0.25, 0.3) is 0 Å². The SMILES string of the molecule is CCCCCCCCC1CC=C(c2ccc(OC(=O)CC)cc2)CC1. The molecule has 0 saturated carbocycles. The number of unbranched alkanes of at least 4 members (excludes halogenated alkanes) is 5. The average Bonchev–Trinajstić information content (AvgIpc) is 2.65. The summed E-state index contributed by atoms with van der Waals surface area (Å²) in [5.41, 5.74) is 2.72. The number of rotatable bonds is 10. The minimum absolute atomic E-state index is 0.179. The number of carbonyl (C=O) groups is 1. The molecule has 0 amide bonds. The lowest BCUT2D eigenvalue weighted by molar-refractivity contribution is -0.134. The molecule has 2 nitrogen and oxygen atoms in total. The molecule has 0 aromatic heterocycles. The number of ether oxygens (including phenoxy) is 1. The van der Waals surface area contributed by atoms with Gasteiger partial charge in [0.1, 0.15) is 5.75 Å². The van der Waals surface area contributed by atoms with E-state index in [-0.39, 0.29) is 5.97 Å². The van der Waals surface area contributed by atoms with Crippen molar-refractivity contribution < 1.29 is 9.53 Å². The molecule has 0 heterocycles. The molecular weight excluding hydrogens is 308 g/mol. The van der Waals surface area contributed by atoms with Crippen molar-refractivity contribution in [3.63, 3.8) is 0 Å². The highest BCUT2D eigenvalue weighted by Crippen LogP contribution is 2.33. The van der Waals surface area contributed by atoms with Gasteiger partial charge < -0.3 is 4.74 Å². The van der Waals surface area contributed by atoms with Crippen molar-refractivity contribution >= 4 is 11.5 Å². The summed E-state index contributed by atoms with van der Waals surface area (Å²) in [5, 5.41) is 0. The van der Waals surface area contributed by atoms with Crippen molar-refractivity contribution in [3.8, 4) is 5.75 Å². The number of hydrogen-bond donors (Lipinski definition) is 0. The molecule has 1 aliphatic carbocycles. The van der Waals surface area contributed by atoms with Gasteiger partial charge in [-0.25, -0.2) is 0 Å². The molecule has 0 bridgehead atoms. The van der Waals surface area contributed by atoms with Crippen LogP contribution in [0.5, 0.6) is 5.75 Å². The average molecular weight is 343 g/mol. The highest BCUT2D eigenvalue weighted by Gasteiger charge is 2.15. The summed E-state index contributed by atoms with van der Waals surface area (Å²) in [4.78, 5) is 11.3. The topological polar surface area (TPSA) is 26.3 Å². The summed E-state index contributed by atoms with van der Waals surface area (Å²) in [7, 11) is 0. The number of esters is 1. The zero-order chi connectivity index (χ0) is 17.9. The lowest BCUT2D eigenvalue weighted by Crippen LogP contribution is -2.06. The van der Waals surface area contributed by atoms with Crippen LogP contribution in [0, 0.1) is 5.92 Å². The molecular formula is C23H34O2. The maximum atomic E-state index is 11.3. The molecule has 25 heavy (non-hydrogen) atoms. The summed E-state index contributed by atoms with van der Waals surface area (Å²) in [5.74, 6) is 1.34. The minimum atomic E-state index is -0.179. The zero-order valence-electron chi connectivity index (χ0n) is 16.1. The Morgan fingerprint density at radius 3 is 2.40 bits per heavy atom. The number of allylic oxidation sites excluding steroid dienone is 2. The van der Waals surface area contributed by atoms with Gasteiger partial charge in [-0.05, 0) is 48.4 Å². The third kappa shape index (κ3) is 7.05. The minimum Gasteiger partial charge on any atom is -0.427 e. The Morgan fingerprint density at radius 1 is 1.04 bits per heavy atom. The van der Waals surface area contributed by atoms with Gasteiger partial charge in [0, 0.05) is 6.42 Å². The van der Waals surface area contributed by atoms with E-state index in [1.165, 1.54) is 75.3 Å². The molecule has 1 aromatic rings. The van der Waals surface area contributed by atoms with Crippen molar-refractivity contribution in [1.29, 1.82) is 0 Å². The van der Waals surface area contributed by atoms with Gasteiger partial charge in [0.05, 0.1) is 0 Å². The van der Waals surface area contributed by atoms with Gasteiger partial charge in [-0.1, -0.05) is 77.0 Å². The smallest absolute Gasteiger partial charge is 0.310 e. The molecule has 0 fully saturated rings. The van der Waals surface area contributed by atoms with Gasteiger partial charge in [-0.3, -0.25) is 4.79 Å². The molecule has 0 N–H and O–H groups in total. The van der Waals surface area contributed by atoms with E-state index in [0.717, 1.165) is 5.92 Å². The summed E-state index contributed by atoms with van der Waals surface area (Å²) < 4.78 is 5.24. The molecule has 2 heteroatoms. The first-order valence-corrected chi connectivity index (χ1v) is 10.2. The Hall–Kier alpha value is -1.57. The molecule has 0 aliphatic heterocycles. The second-order valence-corrected chi connectivity index (χ2v) is 7.28. The lowest BCUT2D eigenvalue weighted by atomic mass is 9.84. The van der Waals surface area contributed by atoms with Crippen LogP contribution in [0.25, 0.3) is 5.57 Å². The molecule has 0 radical (unpaired) electrons. The molecule has 0 saturated heterocycles. The van der Waals surface area contributed by atoms with Gasteiger partial charge >= 0.3 is 5.97 Å². The number of hydrogen-bond acceptors (Lipinski definition) is 2. The molecule has 1 atom stereocenters. The van der Waals surface area contributed by atoms with Crippen LogP contribution in [0.2, 0.25) is 0 Å². The number of benzene rings is 1. The van der Waals surface area contributed by atoms with Crippen molar-refractivity contribution in [1.82, 2.24) is 0 Å². The summed E-state index contributed by atoms with van der Waals surface area (Å²) in [6.07, 6.45) is 16.3. The van der Waals surface area contributed by atoms with Crippen LogP contribution in [0.15, 0.2) is 30.3 Å². The van der Waals surface area contributed by atoms with Gasteiger partial charge in [-0.2, -0.15) is 0 Å². The van der Waals surface area contributed by atoms with E-state index in [1.54, 1.807) is 0 Å². The van der Waals surface area contributed by atoms with Crippen LogP contribution in [-0.4, -0.2) is 5.97 Å². The van der Waals surface area contributed by atoms with Crippen molar-refractivity contribution in [2.45, 2.75) is 84.5 Å². The first-order valence-electron chi connectivity index (χ1n) is 10.2. The fourth-order valence-electron chi connectivity index (χ4n) is 3.57. The van der Waals surface area contributed by atoms with Crippen LogP contribution >= 0.6 is 0 Å². The van der Waals surface area contributed by atoms with E-state index >= 15 is 0 Å². The molecule has 138 valence electrons. The quantitative estimate of drug-likeness (QED) is 0.261. The van der Waals surface area contributed by atoms with Crippen LogP contribution in [0.3, 0.4) is 0 Å². The second kappa shape index (κ2) is 11.1. The number of carbonyl (C=O) groups excluding carboxylic acids is 1. The van der Waals surface area contributed by atoms with Crippen LogP contribution in [0.4, 0.5) is 0 Å².